The monoisotopic (exact) mass is 239 g/mol. The maximum absolute atomic E-state index is 11.7. The van der Waals surface area contributed by atoms with Gasteiger partial charge in [-0.2, -0.15) is 4.98 Å². The first-order chi connectivity index (χ1) is 7.95. The fraction of sp³-hybridized carbons (Fsp3) is 0.636. The van der Waals surface area contributed by atoms with Crippen molar-refractivity contribution in [2.45, 2.75) is 32.1 Å². The molecule has 6 heteroatoms. The average molecular weight is 239 g/mol. The molecule has 94 valence electrons. The van der Waals surface area contributed by atoms with Gasteiger partial charge in [0.05, 0.1) is 12.2 Å². The summed E-state index contributed by atoms with van der Waals surface area (Å²) in [6.07, 6.45) is 1.88. The van der Waals surface area contributed by atoms with Gasteiger partial charge in [0.1, 0.15) is 12.0 Å². The smallest absolute Gasteiger partial charge is 0.351 e. The largest absolute Gasteiger partial charge is 0.393 e. The van der Waals surface area contributed by atoms with E-state index in [1.165, 1.54) is 4.57 Å². The topological polar surface area (TPSA) is 90.4 Å². The van der Waals surface area contributed by atoms with E-state index in [1.807, 2.05) is 13.8 Å². The van der Waals surface area contributed by atoms with E-state index in [1.54, 1.807) is 12.3 Å². The molecule has 6 nitrogen and oxygen atoms in total. The molecule has 1 saturated heterocycles. The Morgan fingerprint density at radius 2 is 2.47 bits per heavy atom. The molecule has 0 aromatic carbocycles. The van der Waals surface area contributed by atoms with Crippen molar-refractivity contribution in [2.75, 3.05) is 12.3 Å². The van der Waals surface area contributed by atoms with Gasteiger partial charge < -0.3 is 15.6 Å². The van der Waals surface area contributed by atoms with Gasteiger partial charge in [-0.3, -0.25) is 4.57 Å². The number of ether oxygens (including phenoxy) is 1. The molecule has 17 heavy (non-hydrogen) atoms. The van der Waals surface area contributed by atoms with Crippen LogP contribution >= 0.6 is 0 Å². The van der Waals surface area contributed by atoms with Gasteiger partial charge in [0.2, 0.25) is 0 Å². The van der Waals surface area contributed by atoms with Crippen molar-refractivity contribution in [2.24, 2.45) is 5.92 Å². The van der Waals surface area contributed by atoms with E-state index in [0.717, 1.165) is 0 Å². The van der Waals surface area contributed by atoms with Gasteiger partial charge in [0.15, 0.2) is 0 Å². The molecule has 1 fully saturated rings. The number of nitrogens with zero attached hydrogens (tertiary/aromatic N) is 2. The summed E-state index contributed by atoms with van der Waals surface area (Å²) >= 11 is 0. The maximum Gasteiger partial charge on any atom is 0.351 e. The normalized spacial score (nSPS) is 32.9. The molecule has 2 rings (SSSR count). The van der Waals surface area contributed by atoms with Gasteiger partial charge in [-0.1, -0.05) is 6.92 Å². The standard InChI is InChI=1S/C11H17N3O3/c1-7-5-11(2,6-15)17-9(7)14-4-3-8(12)13-10(14)16/h3-4,7,9,15H,5-6H2,1-2H3,(H2,12,13,16). The Morgan fingerprint density at radius 1 is 1.76 bits per heavy atom. The van der Waals surface area contributed by atoms with Crippen molar-refractivity contribution < 1.29 is 9.84 Å². The summed E-state index contributed by atoms with van der Waals surface area (Å²) in [5.41, 5.74) is 4.42. The number of rotatable bonds is 2. The number of anilines is 1. The number of aliphatic hydroxyl groups is 1. The van der Waals surface area contributed by atoms with E-state index in [-0.39, 0.29) is 18.3 Å². The van der Waals surface area contributed by atoms with Gasteiger partial charge in [0.25, 0.3) is 0 Å². The van der Waals surface area contributed by atoms with Gasteiger partial charge in [0, 0.05) is 12.1 Å². The second-order valence-corrected chi connectivity index (χ2v) is 4.84. The van der Waals surface area contributed by atoms with Crippen molar-refractivity contribution in [3.63, 3.8) is 0 Å². The highest BCUT2D eigenvalue weighted by molar-refractivity contribution is 5.23. The number of aromatic nitrogens is 2. The van der Waals surface area contributed by atoms with Crippen LogP contribution in [0.3, 0.4) is 0 Å². The van der Waals surface area contributed by atoms with Gasteiger partial charge in [-0.25, -0.2) is 4.79 Å². The lowest BCUT2D eigenvalue weighted by Gasteiger charge is -2.22. The van der Waals surface area contributed by atoms with Crippen LogP contribution in [0.25, 0.3) is 0 Å². The first-order valence-corrected chi connectivity index (χ1v) is 5.58. The highest BCUT2D eigenvalue weighted by Gasteiger charge is 2.42. The minimum absolute atomic E-state index is 0.0645. The van der Waals surface area contributed by atoms with Crippen LogP contribution in [0.2, 0.25) is 0 Å². The molecule has 0 amide bonds. The summed E-state index contributed by atoms with van der Waals surface area (Å²) < 4.78 is 7.17. The predicted octanol–water partition coefficient (Wildman–Crippen LogP) is 0.132. The van der Waals surface area contributed by atoms with Crippen molar-refractivity contribution >= 4 is 5.82 Å². The van der Waals surface area contributed by atoms with Crippen LogP contribution in [0.4, 0.5) is 5.82 Å². The molecule has 0 bridgehead atoms. The number of nitrogen functional groups attached to an aromatic ring is 1. The van der Waals surface area contributed by atoms with Crippen molar-refractivity contribution in [1.29, 1.82) is 0 Å². The highest BCUT2D eigenvalue weighted by atomic mass is 16.5. The first kappa shape index (κ1) is 12.1. The Morgan fingerprint density at radius 3 is 3.00 bits per heavy atom. The predicted molar refractivity (Wildman–Crippen MR) is 62.3 cm³/mol. The molecule has 3 atom stereocenters. The Labute approximate surface area is 99.0 Å². The summed E-state index contributed by atoms with van der Waals surface area (Å²) in [4.78, 5) is 15.4. The van der Waals surface area contributed by atoms with Crippen LogP contribution in [-0.4, -0.2) is 26.9 Å². The fourth-order valence-corrected chi connectivity index (χ4v) is 2.29. The van der Waals surface area contributed by atoms with Crippen LogP contribution in [0, 0.1) is 5.92 Å². The summed E-state index contributed by atoms with van der Waals surface area (Å²) in [5.74, 6) is 0.331. The quantitative estimate of drug-likeness (QED) is 0.765. The van der Waals surface area contributed by atoms with Crippen molar-refractivity contribution in [3.8, 4) is 0 Å². The molecule has 0 spiro atoms. The molecule has 2 heterocycles. The van der Waals surface area contributed by atoms with Crippen LogP contribution < -0.4 is 11.4 Å². The zero-order valence-electron chi connectivity index (χ0n) is 9.96. The Kier molecular flexibility index (Phi) is 2.92. The fourth-order valence-electron chi connectivity index (χ4n) is 2.29. The maximum atomic E-state index is 11.7. The number of hydrogen-bond donors (Lipinski definition) is 2. The third kappa shape index (κ3) is 2.18. The van der Waals surface area contributed by atoms with Crippen LogP contribution in [0.15, 0.2) is 17.1 Å². The van der Waals surface area contributed by atoms with Crippen molar-refractivity contribution in [3.05, 3.63) is 22.7 Å². The molecule has 1 aromatic heterocycles. The first-order valence-electron chi connectivity index (χ1n) is 5.58. The number of nitrogens with two attached hydrogens (primary N) is 1. The summed E-state index contributed by atoms with van der Waals surface area (Å²) in [5, 5.41) is 9.27. The van der Waals surface area contributed by atoms with E-state index >= 15 is 0 Å². The van der Waals surface area contributed by atoms with Gasteiger partial charge >= 0.3 is 5.69 Å². The molecule has 1 aliphatic heterocycles. The van der Waals surface area contributed by atoms with Crippen LogP contribution in [0.1, 0.15) is 26.5 Å². The molecule has 3 unspecified atom stereocenters. The third-order valence-electron chi connectivity index (χ3n) is 3.11. The van der Waals surface area contributed by atoms with Gasteiger partial charge in [-0.15, -0.1) is 0 Å². The SMILES string of the molecule is CC1CC(C)(CO)OC1n1ccc(N)nc1=O. The van der Waals surface area contributed by atoms with E-state index in [2.05, 4.69) is 4.98 Å². The molecular weight excluding hydrogens is 222 g/mol. The van der Waals surface area contributed by atoms with Crippen molar-refractivity contribution in [1.82, 2.24) is 9.55 Å². The van der Waals surface area contributed by atoms with E-state index < -0.39 is 17.5 Å². The molecule has 0 saturated carbocycles. The second kappa shape index (κ2) is 4.12. The highest BCUT2D eigenvalue weighted by Crippen LogP contribution is 2.39. The van der Waals surface area contributed by atoms with Gasteiger partial charge in [-0.05, 0) is 19.4 Å². The molecule has 3 N–H and O–H groups in total. The lowest BCUT2D eigenvalue weighted by molar-refractivity contribution is -0.0927. The van der Waals surface area contributed by atoms with E-state index in [9.17, 15) is 9.90 Å². The zero-order chi connectivity index (χ0) is 12.6. The van der Waals surface area contributed by atoms with E-state index in [4.69, 9.17) is 10.5 Å². The molecule has 1 aromatic rings. The Balaban J connectivity index is 2.32. The zero-order valence-corrected chi connectivity index (χ0v) is 9.96. The lowest BCUT2D eigenvalue weighted by atomic mass is 9.97. The van der Waals surface area contributed by atoms with Crippen LogP contribution in [-0.2, 0) is 4.74 Å². The average Bonchev–Trinajstić information content (AvgIpc) is 2.55. The van der Waals surface area contributed by atoms with E-state index in [0.29, 0.717) is 6.42 Å². The second-order valence-electron chi connectivity index (χ2n) is 4.84. The molecule has 0 aliphatic carbocycles. The Hall–Kier alpha value is -1.40. The Bertz CT molecular complexity index is 473. The lowest BCUT2D eigenvalue weighted by Crippen LogP contribution is -2.32. The minimum atomic E-state index is -0.592. The number of aliphatic hydroxyl groups excluding tert-OH is 1. The summed E-state index contributed by atoms with van der Waals surface area (Å²) in [7, 11) is 0. The number of hydrogen-bond acceptors (Lipinski definition) is 5. The van der Waals surface area contributed by atoms with Crippen LogP contribution in [0.5, 0.6) is 0 Å². The molecule has 0 radical (unpaired) electrons. The summed E-state index contributed by atoms with van der Waals surface area (Å²) in [6.45, 7) is 3.75. The third-order valence-corrected chi connectivity index (χ3v) is 3.11. The summed E-state index contributed by atoms with van der Waals surface area (Å²) in [6, 6.07) is 1.56. The minimum Gasteiger partial charge on any atom is -0.393 e. The molecule has 1 aliphatic rings. The molecular formula is C11H17N3O3.